The summed E-state index contributed by atoms with van der Waals surface area (Å²) < 4.78 is 0. The highest BCUT2D eigenvalue weighted by Gasteiger charge is 2.13. The molecule has 2 N–H and O–H groups in total. The summed E-state index contributed by atoms with van der Waals surface area (Å²) in [5, 5.41) is 10.9. The van der Waals surface area contributed by atoms with Gasteiger partial charge in [0, 0.05) is 12.1 Å². The molecule has 1 amide bonds. The van der Waals surface area contributed by atoms with Crippen molar-refractivity contribution in [1.82, 2.24) is 10.2 Å². The van der Waals surface area contributed by atoms with E-state index < -0.39 is 5.97 Å². The minimum absolute atomic E-state index is 0.342. The SMILES string of the molecule is O=C(O)CNC(=O)c1cccc(CN2CCCC2)c1. The zero-order valence-corrected chi connectivity index (χ0v) is 10.8. The molecule has 0 radical (unpaired) electrons. The lowest BCUT2D eigenvalue weighted by molar-refractivity contribution is -0.135. The van der Waals surface area contributed by atoms with Gasteiger partial charge in [-0.1, -0.05) is 12.1 Å². The Morgan fingerprint density at radius 2 is 2.00 bits per heavy atom. The van der Waals surface area contributed by atoms with Gasteiger partial charge in [-0.15, -0.1) is 0 Å². The fraction of sp³-hybridized carbons (Fsp3) is 0.429. The molecule has 1 aromatic rings. The van der Waals surface area contributed by atoms with E-state index in [2.05, 4.69) is 10.2 Å². The van der Waals surface area contributed by atoms with E-state index in [-0.39, 0.29) is 12.5 Å². The van der Waals surface area contributed by atoms with E-state index in [4.69, 9.17) is 5.11 Å². The Labute approximate surface area is 112 Å². The summed E-state index contributed by atoms with van der Waals surface area (Å²) in [5.74, 6) is -1.38. The van der Waals surface area contributed by atoms with Crippen LogP contribution in [0, 0.1) is 0 Å². The molecule has 1 aliphatic heterocycles. The molecule has 1 aliphatic rings. The van der Waals surface area contributed by atoms with Gasteiger partial charge < -0.3 is 10.4 Å². The summed E-state index contributed by atoms with van der Waals surface area (Å²) >= 11 is 0. The van der Waals surface area contributed by atoms with Gasteiger partial charge in [-0.3, -0.25) is 14.5 Å². The fourth-order valence-electron chi connectivity index (χ4n) is 2.27. The largest absolute Gasteiger partial charge is 0.480 e. The van der Waals surface area contributed by atoms with Gasteiger partial charge in [0.25, 0.3) is 5.91 Å². The maximum absolute atomic E-state index is 11.8. The number of amides is 1. The topological polar surface area (TPSA) is 69.6 Å². The van der Waals surface area contributed by atoms with Crippen LogP contribution < -0.4 is 5.32 Å². The normalized spacial score (nSPS) is 15.4. The van der Waals surface area contributed by atoms with E-state index in [0.29, 0.717) is 5.56 Å². The number of rotatable bonds is 5. The summed E-state index contributed by atoms with van der Waals surface area (Å²) in [4.78, 5) is 24.5. The maximum Gasteiger partial charge on any atom is 0.322 e. The first kappa shape index (κ1) is 13.5. The Bertz CT molecular complexity index is 468. The number of benzene rings is 1. The first-order chi connectivity index (χ1) is 9.15. The smallest absolute Gasteiger partial charge is 0.322 e. The minimum atomic E-state index is -1.04. The van der Waals surface area contributed by atoms with Crippen molar-refractivity contribution in [2.24, 2.45) is 0 Å². The van der Waals surface area contributed by atoms with Crippen LogP contribution in [0.5, 0.6) is 0 Å². The summed E-state index contributed by atoms with van der Waals surface area (Å²) in [5.41, 5.74) is 1.60. The molecule has 102 valence electrons. The molecule has 0 atom stereocenters. The van der Waals surface area contributed by atoms with Gasteiger partial charge in [-0.05, 0) is 43.6 Å². The Morgan fingerprint density at radius 1 is 1.26 bits per heavy atom. The molecule has 19 heavy (non-hydrogen) atoms. The number of aliphatic carboxylic acids is 1. The standard InChI is InChI=1S/C14H18N2O3/c17-13(18)9-15-14(19)12-5-3-4-11(8-12)10-16-6-1-2-7-16/h3-5,8H,1-2,6-7,9-10H2,(H,15,19)(H,17,18). The predicted molar refractivity (Wildman–Crippen MR) is 70.9 cm³/mol. The third-order valence-electron chi connectivity index (χ3n) is 3.19. The average Bonchev–Trinajstić information content (AvgIpc) is 2.89. The van der Waals surface area contributed by atoms with Gasteiger partial charge in [0.2, 0.25) is 0 Å². The number of nitrogens with zero attached hydrogens (tertiary/aromatic N) is 1. The quantitative estimate of drug-likeness (QED) is 0.833. The van der Waals surface area contributed by atoms with Crippen molar-refractivity contribution in [1.29, 1.82) is 0 Å². The van der Waals surface area contributed by atoms with Crippen molar-refractivity contribution in [2.75, 3.05) is 19.6 Å². The maximum atomic E-state index is 11.8. The van der Waals surface area contributed by atoms with Crippen LogP contribution in [0.4, 0.5) is 0 Å². The van der Waals surface area contributed by atoms with Crippen LogP contribution >= 0.6 is 0 Å². The molecule has 1 aromatic carbocycles. The molecular weight excluding hydrogens is 244 g/mol. The van der Waals surface area contributed by atoms with E-state index >= 15 is 0 Å². The van der Waals surface area contributed by atoms with E-state index in [1.807, 2.05) is 18.2 Å². The summed E-state index contributed by atoms with van der Waals surface area (Å²) in [6.07, 6.45) is 2.47. The predicted octanol–water partition coefficient (Wildman–Crippen LogP) is 1.10. The van der Waals surface area contributed by atoms with Crippen molar-refractivity contribution >= 4 is 11.9 Å². The first-order valence-corrected chi connectivity index (χ1v) is 6.46. The number of carbonyl (C=O) groups is 2. The summed E-state index contributed by atoms with van der Waals surface area (Å²) in [6, 6.07) is 7.35. The highest BCUT2D eigenvalue weighted by molar-refractivity contribution is 5.95. The third kappa shape index (κ3) is 4.06. The molecule has 5 heteroatoms. The monoisotopic (exact) mass is 262 g/mol. The van der Waals surface area contributed by atoms with Gasteiger partial charge in [-0.25, -0.2) is 0 Å². The molecule has 1 heterocycles. The van der Waals surface area contributed by atoms with Gasteiger partial charge in [0.1, 0.15) is 6.54 Å². The summed E-state index contributed by atoms with van der Waals surface area (Å²) in [6.45, 7) is 2.71. The van der Waals surface area contributed by atoms with Crippen LogP contribution in [0.2, 0.25) is 0 Å². The second kappa shape index (κ2) is 6.33. The van der Waals surface area contributed by atoms with Crippen LogP contribution in [0.1, 0.15) is 28.8 Å². The lowest BCUT2D eigenvalue weighted by atomic mass is 10.1. The zero-order valence-electron chi connectivity index (χ0n) is 10.8. The van der Waals surface area contributed by atoms with Crippen LogP contribution in [-0.4, -0.2) is 41.5 Å². The highest BCUT2D eigenvalue weighted by Crippen LogP contribution is 2.13. The Morgan fingerprint density at radius 3 is 2.68 bits per heavy atom. The molecule has 0 unspecified atom stereocenters. The van der Waals surface area contributed by atoms with Crippen LogP contribution in [-0.2, 0) is 11.3 Å². The van der Waals surface area contributed by atoms with Gasteiger partial charge in [0.15, 0.2) is 0 Å². The van der Waals surface area contributed by atoms with Crippen molar-refractivity contribution in [3.63, 3.8) is 0 Å². The second-order valence-electron chi connectivity index (χ2n) is 4.76. The van der Waals surface area contributed by atoms with Gasteiger partial charge >= 0.3 is 5.97 Å². The Kier molecular flexibility index (Phi) is 4.52. The van der Waals surface area contributed by atoms with Crippen molar-refractivity contribution in [3.05, 3.63) is 35.4 Å². The van der Waals surface area contributed by atoms with Crippen LogP contribution in [0.15, 0.2) is 24.3 Å². The lowest BCUT2D eigenvalue weighted by Crippen LogP contribution is -2.29. The molecule has 0 saturated carbocycles. The number of carboxylic acid groups (broad SMARTS) is 1. The van der Waals surface area contributed by atoms with E-state index in [9.17, 15) is 9.59 Å². The molecule has 1 fully saturated rings. The van der Waals surface area contributed by atoms with Crippen LogP contribution in [0.25, 0.3) is 0 Å². The third-order valence-corrected chi connectivity index (χ3v) is 3.19. The minimum Gasteiger partial charge on any atom is -0.480 e. The molecule has 0 spiro atoms. The molecule has 0 aliphatic carbocycles. The molecule has 2 rings (SSSR count). The van der Waals surface area contributed by atoms with E-state index in [1.54, 1.807) is 6.07 Å². The van der Waals surface area contributed by atoms with Crippen molar-refractivity contribution in [2.45, 2.75) is 19.4 Å². The molecule has 1 saturated heterocycles. The average molecular weight is 262 g/mol. The summed E-state index contributed by atoms with van der Waals surface area (Å²) in [7, 11) is 0. The zero-order chi connectivity index (χ0) is 13.7. The van der Waals surface area contributed by atoms with Gasteiger partial charge in [-0.2, -0.15) is 0 Å². The lowest BCUT2D eigenvalue weighted by Gasteiger charge is -2.15. The Hall–Kier alpha value is -1.88. The second-order valence-corrected chi connectivity index (χ2v) is 4.76. The highest BCUT2D eigenvalue weighted by atomic mass is 16.4. The molecule has 0 aromatic heterocycles. The van der Waals surface area contributed by atoms with Crippen LogP contribution in [0.3, 0.4) is 0 Å². The fourth-order valence-corrected chi connectivity index (χ4v) is 2.27. The first-order valence-electron chi connectivity index (χ1n) is 6.46. The number of carbonyl (C=O) groups excluding carboxylic acids is 1. The van der Waals surface area contributed by atoms with Crippen molar-refractivity contribution < 1.29 is 14.7 Å². The molecular formula is C14H18N2O3. The molecule has 5 nitrogen and oxygen atoms in total. The number of hydrogen-bond donors (Lipinski definition) is 2. The van der Waals surface area contributed by atoms with Crippen molar-refractivity contribution in [3.8, 4) is 0 Å². The number of nitrogens with one attached hydrogen (secondary N) is 1. The van der Waals surface area contributed by atoms with Gasteiger partial charge in [0.05, 0.1) is 0 Å². The van der Waals surface area contributed by atoms with E-state index in [0.717, 1.165) is 25.2 Å². The number of likely N-dealkylation sites (tertiary alicyclic amines) is 1. The number of carboxylic acids is 1. The Balaban J connectivity index is 1.97. The number of hydrogen-bond acceptors (Lipinski definition) is 3. The van der Waals surface area contributed by atoms with E-state index in [1.165, 1.54) is 12.8 Å². The molecule has 0 bridgehead atoms.